The second-order valence-electron chi connectivity index (χ2n) is 4.30. The van der Waals surface area contributed by atoms with Gasteiger partial charge in [-0.25, -0.2) is 0 Å². The van der Waals surface area contributed by atoms with E-state index in [1.807, 2.05) is 0 Å². The molecule has 0 aliphatic heterocycles. The second-order valence-corrected chi connectivity index (χ2v) is 4.30. The van der Waals surface area contributed by atoms with E-state index in [4.69, 9.17) is 0 Å². The Labute approximate surface area is 76.9 Å². The smallest absolute Gasteiger partial charge is 0.159 e. The van der Waals surface area contributed by atoms with Gasteiger partial charge >= 0.3 is 0 Å². The Hall–Kier alpha value is -0.890. The lowest BCUT2D eigenvalue weighted by Crippen LogP contribution is -2.37. The molecule has 68 valence electrons. The average Bonchev–Trinajstić information content (AvgIpc) is 2.70. The predicted molar refractivity (Wildman–Crippen MR) is 47.9 cm³/mol. The Balaban J connectivity index is 2.05. The van der Waals surface area contributed by atoms with Crippen LogP contribution in [0.5, 0.6) is 0 Å². The highest BCUT2D eigenvalue weighted by Crippen LogP contribution is 2.51. The van der Waals surface area contributed by atoms with Crippen molar-refractivity contribution >= 4 is 5.78 Å². The Morgan fingerprint density at radius 1 is 1.23 bits per heavy atom. The summed E-state index contributed by atoms with van der Waals surface area (Å²) in [4.78, 5) is 11.6. The average molecular weight is 176 g/mol. The van der Waals surface area contributed by atoms with Crippen LogP contribution in [0.4, 0.5) is 0 Å². The number of aliphatic hydroxyl groups excluding tert-OH is 1. The number of fused-ring (bicyclic) bond motifs is 5. The molecule has 0 aromatic heterocycles. The topological polar surface area (TPSA) is 37.3 Å². The van der Waals surface area contributed by atoms with Gasteiger partial charge in [0.05, 0.1) is 6.10 Å². The van der Waals surface area contributed by atoms with E-state index in [1.54, 1.807) is 12.2 Å². The Bertz CT molecular complexity index is 316. The van der Waals surface area contributed by atoms with Gasteiger partial charge in [0.1, 0.15) is 0 Å². The van der Waals surface area contributed by atoms with Crippen LogP contribution in [0.2, 0.25) is 0 Å². The molecule has 0 heterocycles. The highest BCUT2D eigenvalue weighted by atomic mass is 16.3. The lowest BCUT2D eigenvalue weighted by atomic mass is 9.74. The second kappa shape index (κ2) is 2.32. The van der Waals surface area contributed by atoms with Crippen LogP contribution in [0.15, 0.2) is 24.3 Å². The zero-order valence-electron chi connectivity index (χ0n) is 7.26. The van der Waals surface area contributed by atoms with Gasteiger partial charge in [0.15, 0.2) is 5.78 Å². The third-order valence-electron chi connectivity index (χ3n) is 3.70. The molecule has 0 aromatic carbocycles. The Morgan fingerprint density at radius 3 is 2.77 bits per heavy atom. The molecule has 1 N–H and O–H groups in total. The number of allylic oxidation sites excluding steroid dienone is 3. The number of ketones is 1. The molecule has 3 aliphatic rings. The summed E-state index contributed by atoms with van der Waals surface area (Å²) in [5.41, 5.74) is 0. The summed E-state index contributed by atoms with van der Waals surface area (Å²) in [7, 11) is 0. The molecule has 3 rings (SSSR count). The van der Waals surface area contributed by atoms with Gasteiger partial charge in [-0.1, -0.05) is 18.2 Å². The summed E-state index contributed by atoms with van der Waals surface area (Å²) in [5, 5.41) is 9.75. The molecule has 13 heavy (non-hydrogen) atoms. The normalized spacial score (nSPS) is 51.5. The van der Waals surface area contributed by atoms with Crippen molar-refractivity contribution in [2.45, 2.75) is 12.5 Å². The molecule has 0 saturated heterocycles. The molecule has 0 amide bonds. The monoisotopic (exact) mass is 176 g/mol. The number of carbonyl (C=O) groups is 1. The fourth-order valence-electron chi connectivity index (χ4n) is 3.16. The number of rotatable bonds is 0. The molecule has 3 aliphatic carbocycles. The van der Waals surface area contributed by atoms with Crippen LogP contribution in [-0.2, 0) is 4.79 Å². The minimum atomic E-state index is -0.400. The molecule has 0 spiro atoms. The summed E-state index contributed by atoms with van der Waals surface area (Å²) >= 11 is 0. The molecular weight excluding hydrogens is 164 g/mol. The maximum atomic E-state index is 11.6. The van der Waals surface area contributed by atoms with Crippen molar-refractivity contribution in [3.63, 3.8) is 0 Å². The fourth-order valence-corrected chi connectivity index (χ4v) is 3.16. The van der Waals surface area contributed by atoms with Gasteiger partial charge in [0.2, 0.25) is 0 Å². The van der Waals surface area contributed by atoms with Gasteiger partial charge in [-0.2, -0.15) is 0 Å². The minimum absolute atomic E-state index is 0.0787. The Morgan fingerprint density at radius 2 is 2.00 bits per heavy atom. The van der Waals surface area contributed by atoms with Gasteiger partial charge in [-0.3, -0.25) is 4.79 Å². The zero-order chi connectivity index (χ0) is 9.00. The van der Waals surface area contributed by atoms with Crippen LogP contribution in [0, 0.1) is 23.7 Å². The number of hydrogen-bond acceptors (Lipinski definition) is 2. The van der Waals surface area contributed by atoms with Crippen molar-refractivity contribution in [2.75, 3.05) is 0 Å². The van der Waals surface area contributed by atoms with Crippen LogP contribution in [0.25, 0.3) is 0 Å². The largest absolute Gasteiger partial charge is 0.389 e. The van der Waals surface area contributed by atoms with E-state index in [2.05, 4.69) is 12.2 Å². The third kappa shape index (κ3) is 0.841. The zero-order valence-corrected chi connectivity index (χ0v) is 7.26. The number of aliphatic hydroxyl groups is 1. The molecule has 2 bridgehead atoms. The summed E-state index contributed by atoms with van der Waals surface area (Å²) in [6, 6.07) is 0. The summed E-state index contributed by atoms with van der Waals surface area (Å²) in [6.07, 6.45) is 8.19. The highest BCUT2D eigenvalue weighted by Gasteiger charge is 2.50. The van der Waals surface area contributed by atoms with E-state index < -0.39 is 6.10 Å². The van der Waals surface area contributed by atoms with Crippen LogP contribution in [-0.4, -0.2) is 17.0 Å². The molecule has 2 heteroatoms. The lowest BCUT2D eigenvalue weighted by molar-refractivity contribution is -0.122. The van der Waals surface area contributed by atoms with Crippen LogP contribution in [0.1, 0.15) is 6.42 Å². The number of carbonyl (C=O) groups excluding carboxylic acids is 1. The van der Waals surface area contributed by atoms with E-state index in [0.29, 0.717) is 11.8 Å². The van der Waals surface area contributed by atoms with Crippen LogP contribution in [0.3, 0.4) is 0 Å². The molecule has 2 nitrogen and oxygen atoms in total. The molecule has 1 saturated carbocycles. The minimum Gasteiger partial charge on any atom is -0.389 e. The van der Waals surface area contributed by atoms with E-state index >= 15 is 0 Å². The standard InChI is InChI=1S/C11H12O2/c12-8-3-4-9(13)11-7-2-1-6(5-7)10(8)11/h1-4,6-8,10-12H,5H2/t6-,7+,8-,10+,11-/m1/s1. The maximum absolute atomic E-state index is 11.6. The fraction of sp³-hybridized carbons (Fsp3) is 0.545. The van der Waals surface area contributed by atoms with Gasteiger partial charge in [0, 0.05) is 11.8 Å². The van der Waals surface area contributed by atoms with Crippen molar-refractivity contribution < 1.29 is 9.90 Å². The van der Waals surface area contributed by atoms with Crippen LogP contribution < -0.4 is 0 Å². The quantitative estimate of drug-likeness (QED) is 0.557. The van der Waals surface area contributed by atoms with Crippen molar-refractivity contribution in [1.82, 2.24) is 0 Å². The molecule has 5 atom stereocenters. The predicted octanol–water partition coefficient (Wildman–Crippen LogP) is 0.924. The molecule has 0 aromatic rings. The van der Waals surface area contributed by atoms with Crippen molar-refractivity contribution in [3.8, 4) is 0 Å². The van der Waals surface area contributed by atoms with E-state index in [0.717, 1.165) is 6.42 Å². The van der Waals surface area contributed by atoms with Gasteiger partial charge < -0.3 is 5.11 Å². The maximum Gasteiger partial charge on any atom is 0.159 e. The molecule has 1 fully saturated rings. The molecular formula is C11H12O2. The van der Waals surface area contributed by atoms with E-state index in [9.17, 15) is 9.90 Å². The van der Waals surface area contributed by atoms with Gasteiger partial charge in [0.25, 0.3) is 0 Å². The van der Waals surface area contributed by atoms with Crippen molar-refractivity contribution in [2.24, 2.45) is 23.7 Å². The summed E-state index contributed by atoms with van der Waals surface area (Å²) in [5.74, 6) is 1.32. The SMILES string of the molecule is O=C1C=C[C@@H](O)[C@H]2[C@@H]1[C@H]1C=C[C@@H]2C1. The highest BCUT2D eigenvalue weighted by molar-refractivity contribution is 5.94. The first-order chi connectivity index (χ1) is 6.27. The first kappa shape index (κ1) is 7.51. The molecule has 0 radical (unpaired) electrons. The van der Waals surface area contributed by atoms with Gasteiger partial charge in [-0.05, 0) is 24.3 Å². The van der Waals surface area contributed by atoms with E-state index in [-0.39, 0.29) is 17.6 Å². The number of hydrogen-bond donors (Lipinski definition) is 1. The Kier molecular flexibility index (Phi) is 1.34. The lowest BCUT2D eigenvalue weighted by Gasteiger charge is -2.31. The van der Waals surface area contributed by atoms with Gasteiger partial charge in [-0.15, -0.1) is 0 Å². The van der Waals surface area contributed by atoms with Crippen molar-refractivity contribution in [3.05, 3.63) is 24.3 Å². The third-order valence-corrected chi connectivity index (χ3v) is 3.70. The van der Waals surface area contributed by atoms with Crippen molar-refractivity contribution in [1.29, 1.82) is 0 Å². The first-order valence-electron chi connectivity index (χ1n) is 4.86. The summed E-state index contributed by atoms with van der Waals surface area (Å²) in [6.45, 7) is 0. The first-order valence-corrected chi connectivity index (χ1v) is 4.86. The summed E-state index contributed by atoms with van der Waals surface area (Å²) < 4.78 is 0. The van der Waals surface area contributed by atoms with Crippen LogP contribution >= 0.6 is 0 Å². The molecule has 0 unspecified atom stereocenters. The van der Waals surface area contributed by atoms with E-state index in [1.165, 1.54) is 0 Å².